The highest BCUT2D eigenvalue weighted by Crippen LogP contribution is 2.26. The lowest BCUT2D eigenvalue weighted by Crippen LogP contribution is -2.19. The zero-order chi connectivity index (χ0) is 13.2. The second-order valence-corrected chi connectivity index (χ2v) is 4.86. The molecule has 1 unspecified atom stereocenters. The van der Waals surface area contributed by atoms with Crippen LogP contribution in [0.1, 0.15) is 6.42 Å². The standard InChI is InChI=1S/C15H17NO3/c1-18-15-4-2-3-13-12(15)5-7-16(13)9-14(17)11-6-8-19-10-11/h2-5,7,11H,6,8-10H2,1H3. The molecule has 1 aromatic heterocycles. The number of aromatic nitrogens is 1. The third-order valence-corrected chi connectivity index (χ3v) is 3.70. The molecule has 4 heteroatoms. The lowest BCUT2D eigenvalue weighted by Gasteiger charge is -2.09. The Morgan fingerprint density at radius 3 is 3.11 bits per heavy atom. The fourth-order valence-electron chi connectivity index (χ4n) is 2.60. The normalized spacial score (nSPS) is 18.9. The van der Waals surface area contributed by atoms with E-state index in [-0.39, 0.29) is 11.7 Å². The van der Waals surface area contributed by atoms with Crippen molar-refractivity contribution in [1.29, 1.82) is 0 Å². The molecule has 2 aromatic rings. The maximum Gasteiger partial charge on any atom is 0.157 e. The zero-order valence-electron chi connectivity index (χ0n) is 11.0. The number of rotatable bonds is 4. The molecular formula is C15H17NO3. The first-order valence-electron chi connectivity index (χ1n) is 6.52. The number of carbonyl (C=O) groups is 1. The minimum absolute atomic E-state index is 0.0584. The number of fused-ring (bicyclic) bond motifs is 1. The van der Waals surface area contributed by atoms with Gasteiger partial charge in [0.25, 0.3) is 0 Å². The monoisotopic (exact) mass is 259 g/mol. The number of benzene rings is 1. The summed E-state index contributed by atoms with van der Waals surface area (Å²) in [6.45, 7) is 1.68. The van der Waals surface area contributed by atoms with Crippen LogP contribution >= 0.6 is 0 Å². The smallest absolute Gasteiger partial charge is 0.157 e. The van der Waals surface area contributed by atoms with Gasteiger partial charge in [-0.15, -0.1) is 0 Å². The van der Waals surface area contributed by atoms with E-state index in [9.17, 15) is 4.79 Å². The first-order chi connectivity index (χ1) is 9.29. The Kier molecular flexibility index (Phi) is 3.25. The van der Waals surface area contributed by atoms with Crippen molar-refractivity contribution in [2.45, 2.75) is 13.0 Å². The molecule has 0 amide bonds. The van der Waals surface area contributed by atoms with Crippen LogP contribution in [0.25, 0.3) is 10.9 Å². The average Bonchev–Trinajstić information content (AvgIpc) is 3.08. The third-order valence-electron chi connectivity index (χ3n) is 3.70. The molecule has 0 saturated carbocycles. The molecule has 0 bridgehead atoms. The Labute approximate surface area is 111 Å². The number of ether oxygens (including phenoxy) is 2. The van der Waals surface area contributed by atoms with Crippen molar-refractivity contribution < 1.29 is 14.3 Å². The molecule has 0 N–H and O–H groups in total. The fraction of sp³-hybridized carbons (Fsp3) is 0.400. The van der Waals surface area contributed by atoms with Gasteiger partial charge >= 0.3 is 0 Å². The number of nitrogens with zero attached hydrogens (tertiary/aromatic N) is 1. The summed E-state index contributed by atoms with van der Waals surface area (Å²) in [4.78, 5) is 12.2. The summed E-state index contributed by atoms with van der Waals surface area (Å²) >= 11 is 0. The Hall–Kier alpha value is -1.81. The lowest BCUT2D eigenvalue weighted by molar-refractivity contribution is -0.123. The predicted molar refractivity (Wildman–Crippen MR) is 72.4 cm³/mol. The van der Waals surface area contributed by atoms with Gasteiger partial charge in [-0.25, -0.2) is 0 Å². The molecule has 3 rings (SSSR count). The van der Waals surface area contributed by atoms with E-state index in [1.807, 2.05) is 35.0 Å². The number of hydrogen-bond donors (Lipinski definition) is 0. The Bertz CT molecular complexity index is 596. The second-order valence-electron chi connectivity index (χ2n) is 4.86. The Morgan fingerprint density at radius 1 is 1.47 bits per heavy atom. The molecule has 2 heterocycles. The van der Waals surface area contributed by atoms with Crippen LogP contribution in [-0.4, -0.2) is 30.7 Å². The van der Waals surface area contributed by atoms with Gasteiger partial charge < -0.3 is 14.0 Å². The molecule has 1 aromatic carbocycles. The minimum Gasteiger partial charge on any atom is -0.496 e. The zero-order valence-corrected chi connectivity index (χ0v) is 11.0. The highest BCUT2D eigenvalue weighted by atomic mass is 16.5. The van der Waals surface area contributed by atoms with Gasteiger partial charge in [-0.3, -0.25) is 4.79 Å². The molecule has 0 aliphatic carbocycles. The van der Waals surface area contributed by atoms with Crippen molar-refractivity contribution in [2.75, 3.05) is 20.3 Å². The number of Topliss-reactive ketones (excluding diaryl/α,β-unsaturated/α-hetero) is 1. The van der Waals surface area contributed by atoms with Gasteiger partial charge in [0, 0.05) is 24.1 Å². The van der Waals surface area contributed by atoms with Gasteiger partial charge in [-0.1, -0.05) is 6.07 Å². The molecule has 1 saturated heterocycles. The summed E-state index contributed by atoms with van der Waals surface area (Å²) in [6.07, 6.45) is 2.79. The maximum atomic E-state index is 12.2. The molecule has 100 valence electrons. The largest absolute Gasteiger partial charge is 0.496 e. The molecule has 4 nitrogen and oxygen atoms in total. The van der Waals surface area contributed by atoms with Gasteiger partial charge in [0.1, 0.15) is 5.75 Å². The SMILES string of the molecule is COc1cccc2c1ccn2CC(=O)C1CCOC1. The quantitative estimate of drug-likeness (QED) is 0.845. The van der Waals surface area contributed by atoms with Crippen molar-refractivity contribution >= 4 is 16.7 Å². The Balaban J connectivity index is 1.87. The van der Waals surface area contributed by atoms with Crippen molar-refractivity contribution in [3.63, 3.8) is 0 Å². The number of carbonyl (C=O) groups excluding carboxylic acids is 1. The van der Waals surface area contributed by atoms with Crippen LogP contribution in [0.15, 0.2) is 30.5 Å². The number of hydrogen-bond acceptors (Lipinski definition) is 3. The highest BCUT2D eigenvalue weighted by molar-refractivity contribution is 5.89. The van der Waals surface area contributed by atoms with Crippen LogP contribution in [0.3, 0.4) is 0 Å². The van der Waals surface area contributed by atoms with Gasteiger partial charge in [-0.2, -0.15) is 0 Å². The lowest BCUT2D eigenvalue weighted by atomic mass is 10.0. The van der Waals surface area contributed by atoms with Crippen LogP contribution < -0.4 is 4.74 Å². The first kappa shape index (κ1) is 12.2. The maximum absolute atomic E-state index is 12.2. The number of ketones is 1. The molecule has 19 heavy (non-hydrogen) atoms. The molecular weight excluding hydrogens is 242 g/mol. The van der Waals surface area contributed by atoms with E-state index in [0.717, 1.165) is 23.1 Å². The third kappa shape index (κ3) is 2.24. The predicted octanol–water partition coefficient (Wildman–Crippen LogP) is 2.26. The van der Waals surface area contributed by atoms with E-state index in [4.69, 9.17) is 9.47 Å². The van der Waals surface area contributed by atoms with Crippen LogP contribution in [0.5, 0.6) is 5.75 Å². The molecule has 0 spiro atoms. The number of methoxy groups -OCH3 is 1. The Morgan fingerprint density at radius 2 is 2.37 bits per heavy atom. The summed E-state index contributed by atoms with van der Waals surface area (Å²) in [5.74, 6) is 1.15. The summed E-state index contributed by atoms with van der Waals surface area (Å²) in [6, 6.07) is 7.88. The first-order valence-corrected chi connectivity index (χ1v) is 6.52. The van der Waals surface area contributed by atoms with Gasteiger partial charge in [0.05, 0.1) is 25.8 Å². The van der Waals surface area contributed by atoms with E-state index in [1.165, 1.54) is 0 Å². The summed E-state index contributed by atoms with van der Waals surface area (Å²) in [5.41, 5.74) is 1.03. The average molecular weight is 259 g/mol. The molecule has 1 aliphatic rings. The summed E-state index contributed by atoms with van der Waals surface area (Å²) < 4.78 is 12.6. The van der Waals surface area contributed by atoms with E-state index >= 15 is 0 Å². The van der Waals surface area contributed by atoms with Crippen molar-refractivity contribution in [1.82, 2.24) is 4.57 Å². The minimum atomic E-state index is 0.0584. The van der Waals surface area contributed by atoms with Gasteiger partial charge in [-0.05, 0) is 24.6 Å². The van der Waals surface area contributed by atoms with Crippen molar-refractivity contribution in [3.05, 3.63) is 30.5 Å². The summed E-state index contributed by atoms with van der Waals surface area (Å²) in [5, 5.41) is 1.04. The van der Waals surface area contributed by atoms with Crippen LogP contribution in [-0.2, 0) is 16.1 Å². The van der Waals surface area contributed by atoms with Crippen LogP contribution in [0.4, 0.5) is 0 Å². The van der Waals surface area contributed by atoms with Crippen molar-refractivity contribution in [2.24, 2.45) is 5.92 Å². The van der Waals surface area contributed by atoms with Gasteiger partial charge in [0.2, 0.25) is 0 Å². The molecule has 1 fully saturated rings. The topological polar surface area (TPSA) is 40.5 Å². The van der Waals surface area contributed by atoms with Crippen LogP contribution in [0.2, 0.25) is 0 Å². The van der Waals surface area contributed by atoms with E-state index in [2.05, 4.69) is 0 Å². The highest BCUT2D eigenvalue weighted by Gasteiger charge is 2.23. The fourth-order valence-corrected chi connectivity index (χ4v) is 2.60. The van der Waals surface area contributed by atoms with E-state index in [0.29, 0.717) is 19.8 Å². The molecule has 1 aliphatic heterocycles. The van der Waals surface area contributed by atoms with Gasteiger partial charge in [0.15, 0.2) is 5.78 Å². The van der Waals surface area contributed by atoms with E-state index < -0.39 is 0 Å². The van der Waals surface area contributed by atoms with Crippen LogP contribution in [0, 0.1) is 5.92 Å². The van der Waals surface area contributed by atoms with E-state index in [1.54, 1.807) is 7.11 Å². The second kappa shape index (κ2) is 5.05. The summed E-state index contributed by atoms with van der Waals surface area (Å²) in [7, 11) is 1.66. The van der Waals surface area contributed by atoms with Crippen molar-refractivity contribution in [3.8, 4) is 5.75 Å². The molecule has 1 atom stereocenters. The molecule has 0 radical (unpaired) electrons.